The van der Waals surface area contributed by atoms with Gasteiger partial charge in [-0.2, -0.15) is 8.78 Å². The van der Waals surface area contributed by atoms with E-state index in [9.17, 15) is 17.6 Å². The lowest BCUT2D eigenvalue weighted by molar-refractivity contribution is -0.0498. The fraction of sp³-hybridized carbons (Fsp3) is 0.462. The first-order chi connectivity index (χ1) is 15.0. The monoisotopic (exact) mass is 432 g/mol. The minimum atomic E-state index is -2.85. The van der Waals surface area contributed by atoms with Gasteiger partial charge in [0, 0.05) is 6.07 Å². The lowest BCUT2D eigenvalue weighted by atomic mass is 9.57. The molecule has 0 heterocycles. The van der Waals surface area contributed by atoms with Crippen molar-refractivity contribution >= 4 is 0 Å². The summed E-state index contributed by atoms with van der Waals surface area (Å²) in [6.45, 7) is -0.838. The van der Waals surface area contributed by atoms with Gasteiger partial charge in [-0.05, 0) is 104 Å². The third-order valence-corrected chi connectivity index (χ3v) is 7.09. The first-order valence-corrected chi connectivity index (χ1v) is 11.1. The Kier molecular flexibility index (Phi) is 6.68. The third kappa shape index (κ3) is 4.65. The van der Waals surface area contributed by atoms with Crippen molar-refractivity contribution in [1.29, 1.82) is 0 Å². The molecule has 0 amide bonds. The van der Waals surface area contributed by atoms with Crippen molar-refractivity contribution in [2.24, 2.45) is 11.8 Å². The number of hydrogen-bond donors (Lipinski definition) is 0. The number of rotatable bonds is 6. The molecule has 31 heavy (non-hydrogen) atoms. The molecule has 2 aliphatic carbocycles. The second-order valence-electron chi connectivity index (χ2n) is 8.72. The van der Waals surface area contributed by atoms with Gasteiger partial charge in [-0.1, -0.05) is 24.3 Å². The van der Waals surface area contributed by atoms with E-state index in [1.54, 1.807) is 12.1 Å². The van der Waals surface area contributed by atoms with Gasteiger partial charge in [0.05, 0.1) is 0 Å². The molecule has 4 atom stereocenters. The Morgan fingerprint density at radius 3 is 2.55 bits per heavy atom. The topological polar surface area (TPSA) is 9.23 Å². The molecule has 0 radical (unpaired) electrons. The number of halogens is 4. The Hall–Kier alpha value is -2.30. The van der Waals surface area contributed by atoms with Crippen LogP contribution in [0.1, 0.15) is 67.6 Å². The van der Waals surface area contributed by atoms with E-state index in [0.717, 1.165) is 49.3 Å². The molecule has 1 nitrogen and oxygen atoms in total. The molecule has 1 saturated carbocycles. The summed E-state index contributed by atoms with van der Waals surface area (Å²) >= 11 is 0. The lowest BCUT2D eigenvalue weighted by Crippen LogP contribution is -2.35. The standard InChI is InChI=1S/C26H28F4O/c1-2-3-4-5-16-8-11-20-22(13-12-21-23(20)14-18(27)15-24(21)28)25(16)17-6-9-19(10-7-17)31-26(29)30/h2-3,6-7,9-10,14-16,20,22,25-26H,4-5,8,11-13H2,1H3/t16-,20-,22+,25-/m1/s1. The SMILES string of the molecule is CC=CCC[C@@H]1CC[C@H]2c3cc(F)cc(F)c3CC[C@@H]2[C@H]1c1ccc(OC(F)F)cc1. The zero-order chi connectivity index (χ0) is 22.0. The van der Waals surface area contributed by atoms with Gasteiger partial charge in [-0.25, -0.2) is 8.78 Å². The number of allylic oxidation sites excluding steroid dienone is 2. The van der Waals surface area contributed by atoms with Crippen LogP contribution in [-0.4, -0.2) is 6.61 Å². The molecule has 5 heteroatoms. The number of ether oxygens (including phenoxy) is 1. The van der Waals surface area contributed by atoms with Crippen LogP contribution in [0.4, 0.5) is 17.6 Å². The number of hydrogen-bond acceptors (Lipinski definition) is 1. The molecule has 2 aliphatic rings. The highest BCUT2D eigenvalue weighted by atomic mass is 19.3. The minimum Gasteiger partial charge on any atom is -0.435 e. The van der Waals surface area contributed by atoms with Gasteiger partial charge in [0.25, 0.3) is 0 Å². The molecule has 1 fully saturated rings. The van der Waals surface area contributed by atoms with E-state index >= 15 is 0 Å². The average Bonchev–Trinajstić information content (AvgIpc) is 2.73. The van der Waals surface area contributed by atoms with Crippen molar-refractivity contribution in [2.45, 2.75) is 63.9 Å². The van der Waals surface area contributed by atoms with Crippen molar-refractivity contribution in [3.05, 3.63) is 76.9 Å². The molecule has 0 aliphatic heterocycles. The normalized spacial score (nSPS) is 25.5. The van der Waals surface area contributed by atoms with Crippen molar-refractivity contribution in [3.63, 3.8) is 0 Å². The Labute approximate surface area is 181 Å². The quantitative estimate of drug-likeness (QED) is 0.335. The van der Waals surface area contributed by atoms with E-state index in [-0.39, 0.29) is 23.5 Å². The Morgan fingerprint density at radius 1 is 1.06 bits per heavy atom. The second-order valence-corrected chi connectivity index (χ2v) is 8.72. The lowest BCUT2D eigenvalue weighted by Gasteiger charge is -2.47. The van der Waals surface area contributed by atoms with Crippen LogP contribution in [0.25, 0.3) is 0 Å². The van der Waals surface area contributed by atoms with Crippen LogP contribution in [0.2, 0.25) is 0 Å². The fourth-order valence-corrected chi connectivity index (χ4v) is 5.87. The van der Waals surface area contributed by atoms with Crippen molar-refractivity contribution in [3.8, 4) is 5.75 Å². The summed E-state index contributed by atoms with van der Waals surface area (Å²) in [5.41, 5.74) is 2.58. The Balaban J connectivity index is 1.67. The maximum Gasteiger partial charge on any atom is 0.387 e. The van der Waals surface area contributed by atoms with E-state index in [4.69, 9.17) is 0 Å². The maximum atomic E-state index is 14.4. The van der Waals surface area contributed by atoms with Gasteiger partial charge < -0.3 is 4.74 Å². The van der Waals surface area contributed by atoms with Gasteiger partial charge in [-0.3, -0.25) is 0 Å². The molecule has 2 aromatic rings. The fourth-order valence-electron chi connectivity index (χ4n) is 5.87. The van der Waals surface area contributed by atoms with Crippen LogP contribution in [-0.2, 0) is 6.42 Å². The summed E-state index contributed by atoms with van der Waals surface area (Å²) in [5.74, 6) is 0.262. The van der Waals surface area contributed by atoms with Crippen LogP contribution in [0, 0.1) is 23.5 Å². The minimum absolute atomic E-state index is 0.119. The largest absolute Gasteiger partial charge is 0.435 e. The summed E-state index contributed by atoms with van der Waals surface area (Å²) < 4.78 is 58.1. The van der Waals surface area contributed by atoms with E-state index in [2.05, 4.69) is 16.9 Å². The van der Waals surface area contributed by atoms with Crippen molar-refractivity contribution < 1.29 is 22.3 Å². The third-order valence-electron chi connectivity index (χ3n) is 7.09. The maximum absolute atomic E-state index is 14.4. The molecule has 2 aromatic carbocycles. The second kappa shape index (κ2) is 9.46. The highest BCUT2D eigenvalue weighted by molar-refractivity contribution is 5.39. The molecule has 0 unspecified atom stereocenters. The summed E-state index contributed by atoms with van der Waals surface area (Å²) in [4.78, 5) is 0. The molecule has 4 rings (SSSR count). The zero-order valence-electron chi connectivity index (χ0n) is 17.7. The Bertz CT molecular complexity index is 922. The van der Waals surface area contributed by atoms with Gasteiger partial charge in [0.15, 0.2) is 0 Å². The van der Waals surface area contributed by atoms with Gasteiger partial charge in [-0.15, -0.1) is 0 Å². The molecule has 0 aromatic heterocycles. The van der Waals surface area contributed by atoms with Crippen LogP contribution in [0.15, 0.2) is 48.6 Å². The number of fused-ring (bicyclic) bond motifs is 3. The highest BCUT2D eigenvalue weighted by Gasteiger charge is 2.43. The van der Waals surface area contributed by atoms with E-state index < -0.39 is 18.2 Å². The van der Waals surface area contributed by atoms with E-state index in [1.807, 2.05) is 19.1 Å². The first kappa shape index (κ1) is 21.9. The summed E-state index contributed by atoms with van der Waals surface area (Å²) in [5, 5.41) is 0. The molecule has 0 saturated heterocycles. The van der Waals surface area contributed by atoms with Crippen LogP contribution in [0.5, 0.6) is 5.75 Å². The molecular formula is C26H28F4O. The molecule has 0 bridgehead atoms. The van der Waals surface area contributed by atoms with E-state index in [0.29, 0.717) is 17.9 Å². The first-order valence-electron chi connectivity index (χ1n) is 11.1. The molecule has 166 valence electrons. The summed E-state index contributed by atoms with van der Waals surface area (Å²) in [6, 6.07) is 9.48. The molecule has 0 spiro atoms. The zero-order valence-corrected chi connectivity index (χ0v) is 17.7. The smallest absolute Gasteiger partial charge is 0.387 e. The van der Waals surface area contributed by atoms with E-state index in [1.165, 1.54) is 6.07 Å². The van der Waals surface area contributed by atoms with Crippen molar-refractivity contribution in [1.82, 2.24) is 0 Å². The number of alkyl halides is 2. The predicted octanol–water partition coefficient (Wildman–Crippen LogP) is 7.76. The van der Waals surface area contributed by atoms with Crippen LogP contribution < -0.4 is 4.74 Å². The van der Waals surface area contributed by atoms with Crippen molar-refractivity contribution in [2.75, 3.05) is 0 Å². The van der Waals surface area contributed by atoms with Gasteiger partial charge >= 0.3 is 6.61 Å². The summed E-state index contributed by atoms with van der Waals surface area (Å²) in [6.07, 6.45) is 9.61. The Morgan fingerprint density at radius 2 is 1.84 bits per heavy atom. The molecular weight excluding hydrogens is 404 g/mol. The number of benzene rings is 2. The average molecular weight is 433 g/mol. The van der Waals surface area contributed by atoms with Gasteiger partial charge in [0.1, 0.15) is 17.4 Å². The van der Waals surface area contributed by atoms with Gasteiger partial charge in [0.2, 0.25) is 0 Å². The summed E-state index contributed by atoms with van der Waals surface area (Å²) in [7, 11) is 0. The van der Waals surface area contributed by atoms with Crippen LogP contribution in [0.3, 0.4) is 0 Å². The molecule has 0 N–H and O–H groups in total. The highest BCUT2D eigenvalue weighted by Crippen LogP contribution is 2.55. The predicted molar refractivity (Wildman–Crippen MR) is 113 cm³/mol. The van der Waals surface area contributed by atoms with Crippen LogP contribution >= 0.6 is 0 Å².